The molecule has 0 aliphatic rings. The van der Waals surface area contributed by atoms with Crippen molar-refractivity contribution in [3.8, 4) is 0 Å². The Morgan fingerprint density at radius 3 is 2.28 bits per heavy atom. The van der Waals surface area contributed by atoms with Gasteiger partial charge in [0, 0.05) is 18.4 Å². The first-order chi connectivity index (χ1) is 15.3. The van der Waals surface area contributed by atoms with Crippen LogP contribution in [0.15, 0.2) is 82.6 Å². The van der Waals surface area contributed by atoms with Crippen molar-refractivity contribution in [2.24, 2.45) is 0 Å². The molecule has 0 aliphatic heterocycles. The van der Waals surface area contributed by atoms with Crippen molar-refractivity contribution < 1.29 is 18.0 Å². The number of sulfonamides is 1. The lowest BCUT2D eigenvalue weighted by molar-refractivity contribution is -0.114. The van der Waals surface area contributed by atoms with E-state index in [4.69, 9.17) is 0 Å². The molecule has 0 bridgehead atoms. The third-order valence-electron chi connectivity index (χ3n) is 4.50. The van der Waals surface area contributed by atoms with Gasteiger partial charge >= 0.3 is 0 Å². The quantitative estimate of drug-likeness (QED) is 0.431. The predicted octanol–water partition coefficient (Wildman–Crippen LogP) is 4.10. The fourth-order valence-electron chi connectivity index (χ4n) is 2.99. The number of hydrogen-bond donors (Lipinski definition) is 3. The minimum Gasteiger partial charge on any atom is -0.348 e. The number of rotatable bonds is 8. The highest BCUT2D eigenvalue weighted by Crippen LogP contribution is 2.29. The highest BCUT2D eigenvalue weighted by Gasteiger charge is 2.20. The number of nitrogens with one attached hydrogen (secondary N) is 3. The number of carbonyl (C=O) groups excluding carboxylic acids is 2. The summed E-state index contributed by atoms with van der Waals surface area (Å²) >= 11 is 1.39. The van der Waals surface area contributed by atoms with Crippen LogP contribution in [0.4, 0.5) is 11.4 Å². The molecule has 0 aliphatic carbocycles. The number of para-hydroxylation sites is 1. The molecule has 0 spiro atoms. The van der Waals surface area contributed by atoms with Crippen molar-refractivity contribution in [2.75, 3.05) is 16.3 Å². The highest BCUT2D eigenvalue weighted by molar-refractivity contribution is 7.98. The van der Waals surface area contributed by atoms with E-state index in [9.17, 15) is 18.0 Å². The maximum Gasteiger partial charge on any atom is 0.261 e. The summed E-state index contributed by atoms with van der Waals surface area (Å²) in [7, 11) is -4.01. The summed E-state index contributed by atoms with van der Waals surface area (Å²) in [6.45, 7) is 1.67. The molecule has 0 saturated carbocycles. The lowest BCUT2D eigenvalue weighted by Gasteiger charge is -2.15. The summed E-state index contributed by atoms with van der Waals surface area (Å²) < 4.78 is 28.6. The average molecular weight is 470 g/mol. The van der Waals surface area contributed by atoms with Crippen LogP contribution in [0.1, 0.15) is 22.8 Å². The van der Waals surface area contributed by atoms with Crippen molar-refractivity contribution >= 4 is 45.0 Å². The first kappa shape index (κ1) is 23.4. The SMILES string of the molecule is CSc1ccc(S(=O)(=O)Nc2ccccc2C(=O)NCc2ccccc2)cc1NC(C)=O. The van der Waals surface area contributed by atoms with E-state index in [-0.39, 0.29) is 22.1 Å². The number of hydrogen-bond acceptors (Lipinski definition) is 5. The van der Waals surface area contributed by atoms with Gasteiger partial charge in [0.15, 0.2) is 0 Å². The molecule has 0 atom stereocenters. The zero-order chi connectivity index (χ0) is 23.1. The molecule has 0 unspecified atom stereocenters. The summed E-state index contributed by atoms with van der Waals surface area (Å²) in [4.78, 5) is 24.9. The van der Waals surface area contributed by atoms with Gasteiger partial charge < -0.3 is 10.6 Å². The van der Waals surface area contributed by atoms with Gasteiger partial charge in [0.2, 0.25) is 5.91 Å². The van der Waals surface area contributed by atoms with E-state index in [0.29, 0.717) is 12.2 Å². The molecule has 7 nitrogen and oxygen atoms in total. The molecule has 32 heavy (non-hydrogen) atoms. The summed E-state index contributed by atoms with van der Waals surface area (Å²) in [6, 6.07) is 20.3. The second-order valence-electron chi connectivity index (χ2n) is 6.86. The maximum absolute atomic E-state index is 13.0. The summed E-state index contributed by atoms with van der Waals surface area (Å²) in [5, 5.41) is 5.45. The molecule has 3 aromatic rings. The second-order valence-corrected chi connectivity index (χ2v) is 9.39. The van der Waals surface area contributed by atoms with Gasteiger partial charge in [-0.25, -0.2) is 8.42 Å². The van der Waals surface area contributed by atoms with Crippen LogP contribution in [-0.2, 0) is 21.4 Å². The minimum atomic E-state index is -4.01. The van der Waals surface area contributed by atoms with Crippen LogP contribution < -0.4 is 15.4 Å². The lowest BCUT2D eigenvalue weighted by atomic mass is 10.1. The smallest absolute Gasteiger partial charge is 0.261 e. The largest absolute Gasteiger partial charge is 0.348 e. The first-order valence-electron chi connectivity index (χ1n) is 9.70. The number of amides is 2. The monoisotopic (exact) mass is 469 g/mol. The van der Waals surface area contributed by atoms with Crippen molar-refractivity contribution in [3.05, 3.63) is 83.9 Å². The molecule has 3 N–H and O–H groups in total. The highest BCUT2D eigenvalue weighted by atomic mass is 32.2. The normalized spacial score (nSPS) is 10.9. The van der Waals surface area contributed by atoms with Crippen molar-refractivity contribution in [1.82, 2.24) is 5.32 Å². The van der Waals surface area contributed by atoms with E-state index >= 15 is 0 Å². The Morgan fingerprint density at radius 2 is 1.59 bits per heavy atom. The Morgan fingerprint density at radius 1 is 0.906 bits per heavy atom. The molecule has 0 aromatic heterocycles. The molecule has 0 heterocycles. The standard InChI is InChI=1S/C23H23N3O4S2/c1-16(27)25-21-14-18(12-13-22(21)31-2)32(29,30)26-20-11-7-6-10-19(20)23(28)24-15-17-8-4-3-5-9-17/h3-14,26H,15H2,1-2H3,(H,24,28)(H,25,27). The summed E-state index contributed by atoms with van der Waals surface area (Å²) in [5.74, 6) is -0.702. The zero-order valence-corrected chi connectivity index (χ0v) is 19.2. The molecule has 0 saturated heterocycles. The van der Waals surface area contributed by atoms with Gasteiger partial charge in [-0.2, -0.15) is 0 Å². The molecule has 9 heteroatoms. The molecule has 166 valence electrons. The zero-order valence-electron chi connectivity index (χ0n) is 17.6. The van der Waals surface area contributed by atoms with Gasteiger partial charge in [0.05, 0.1) is 21.8 Å². The Bertz CT molecular complexity index is 1230. The molecule has 3 aromatic carbocycles. The Balaban J connectivity index is 1.84. The molecule has 3 rings (SSSR count). The average Bonchev–Trinajstić information content (AvgIpc) is 2.78. The van der Waals surface area contributed by atoms with Crippen LogP contribution in [0.5, 0.6) is 0 Å². The fraction of sp³-hybridized carbons (Fsp3) is 0.130. The summed E-state index contributed by atoms with van der Waals surface area (Å²) in [6.07, 6.45) is 1.83. The first-order valence-corrected chi connectivity index (χ1v) is 12.4. The molecular formula is C23H23N3O4S2. The van der Waals surface area contributed by atoms with E-state index in [1.807, 2.05) is 36.6 Å². The third kappa shape index (κ3) is 5.89. The fourth-order valence-corrected chi connectivity index (χ4v) is 4.63. The van der Waals surface area contributed by atoms with Crippen LogP contribution in [0.25, 0.3) is 0 Å². The second kappa shape index (κ2) is 10.3. The topological polar surface area (TPSA) is 104 Å². The molecule has 2 amide bonds. The Kier molecular flexibility index (Phi) is 7.55. The van der Waals surface area contributed by atoms with Crippen molar-refractivity contribution in [2.45, 2.75) is 23.3 Å². The van der Waals surface area contributed by atoms with Crippen LogP contribution >= 0.6 is 11.8 Å². The van der Waals surface area contributed by atoms with Crippen molar-refractivity contribution in [1.29, 1.82) is 0 Å². The van der Waals surface area contributed by atoms with Crippen molar-refractivity contribution in [3.63, 3.8) is 0 Å². The van der Waals surface area contributed by atoms with Crippen LogP contribution in [0, 0.1) is 0 Å². The number of thioether (sulfide) groups is 1. The van der Waals surface area contributed by atoms with E-state index < -0.39 is 15.9 Å². The number of anilines is 2. The minimum absolute atomic E-state index is 0.0291. The Labute approximate surface area is 191 Å². The van der Waals surface area contributed by atoms with Crippen LogP contribution in [-0.4, -0.2) is 26.5 Å². The van der Waals surface area contributed by atoms with E-state index in [2.05, 4.69) is 15.4 Å². The van der Waals surface area contributed by atoms with Gasteiger partial charge in [-0.1, -0.05) is 42.5 Å². The number of benzene rings is 3. The molecular weight excluding hydrogens is 446 g/mol. The van der Waals surface area contributed by atoms with E-state index in [0.717, 1.165) is 10.5 Å². The van der Waals surface area contributed by atoms with Gasteiger partial charge in [-0.15, -0.1) is 11.8 Å². The lowest BCUT2D eigenvalue weighted by Crippen LogP contribution is -2.25. The number of carbonyl (C=O) groups is 2. The van der Waals surface area contributed by atoms with Crippen LogP contribution in [0.3, 0.4) is 0 Å². The molecule has 0 fully saturated rings. The summed E-state index contributed by atoms with van der Waals surface area (Å²) in [5.41, 5.74) is 1.70. The van der Waals surface area contributed by atoms with Gasteiger partial charge in [0.1, 0.15) is 0 Å². The van der Waals surface area contributed by atoms with E-state index in [1.54, 1.807) is 24.3 Å². The Hall–Kier alpha value is -3.30. The van der Waals surface area contributed by atoms with E-state index in [1.165, 1.54) is 36.9 Å². The van der Waals surface area contributed by atoms with Gasteiger partial charge in [-0.05, 0) is 42.2 Å². The third-order valence-corrected chi connectivity index (χ3v) is 6.66. The molecule has 0 radical (unpaired) electrons. The van der Waals surface area contributed by atoms with Gasteiger partial charge in [0.25, 0.3) is 15.9 Å². The maximum atomic E-state index is 13.0. The van der Waals surface area contributed by atoms with Gasteiger partial charge in [-0.3, -0.25) is 14.3 Å². The van der Waals surface area contributed by atoms with Crippen LogP contribution in [0.2, 0.25) is 0 Å². The predicted molar refractivity (Wildman–Crippen MR) is 127 cm³/mol.